The van der Waals surface area contributed by atoms with E-state index < -0.39 is 5.91 Å². The molecule has 124 valence electrons. The number of ether oxygens (including phenoxy) is 1. The van der Waals surface area contributed by atoms with Crippen LogP contribution in [0.25, 0.3) is 5.57 Å². The first-order valence-corrected chi connectivity index (χ1v) is 7.72. The van der Waals surface area contributed by atoms with E-state index in [1.165, 1.54) is 13.2 Å². The fourth-order valence-corrected chi connectivity index (χ4v) is 3.20. The molecule has 0 bridgehead atoms. The molecule has 7 heteroatoms. The van der Waals surface area contributed by atoms with Crippen molar-refractivity contribution in [2.75, 3.05) is 20.7 Å². The molecule has 3 rings (SSSR count). The van der Waals surface area contributed by atoms with E-state index in [0.717, 1.165) is 18.7 Å². The molecule has 1 aromatic rings. The summed E-state index contributed by atoms with van der Waals surface area (Å²) in [5, 5.41) is 0. The summed E-state index contributed by atoms with van der Waals surface area (Å²) in [6.45, 7) is 2.20. The van der Waals surface area contributed by atoms with E-state index in [1.807, 2.05) is 11.6 Å². The van der Waals surface area contributed by atoms with Gasteiger partial charge in [0.2, 0.25) is 0 Å². The number of methoxy groups -OCH3 is 1. The Hall–Kier alpha value is -2.15. The Balaban J connectivity index is 2.12. The van der Waals surface area contributed by atoms with Crippen LogP contribution in [0, 0.1) is 0 Å². The van der Waals surface area contributed by atoms with Gasteiger partial charge in [0, 0.05) is 31.2 Å². The largest absolute Gasteiger partial charge is 0.501 e. The molecule has 0 spiro atoms. The average Bonchev–Trinajstić information content (AvgIpc) is 2.74. The van der Waals surface area contributed by atoms with Gasteiger partial charge < -0.3 is 19.9 Å². The number of amides is 1. The third-order valence-electron chi connectivity index (χ3n) is 4.38. The number of primary amides is 1. The Morgan fingerprint density at radius 1 is 1.39 bits per heavy atom. The Kier molecular flexibility index (Phi) is 4.21. The lowest BCUT2D eigenvalue weighted by molar-refractivity contribution is 0.0994. The smallest absolute Gasteiger partial charge is 0.269 e. The van der Waals surface area contributed by atoms with Crippen LogP contribution in [0.3, 0.4) is 0 Å². The van der Waals surface area contributed by atoms with E-state index in [9.17, 15) is 9.18 Å². The molecule has 0 aromatic carbocycles. The molecule has 2 aliphatic rings. The van der Waals surface area contributed by atoms with Gasteiger partial charge in [-0.25, -0.2) is 9.37 Å². The molecular weight excluding hydrogens is 299 g/mol. The summed E-state index contributed by atoms with van der Waals surface area (Å²) in [6.07, 6.45) is 3.43. The van der Waals surface area contributed by atoms with Gasteiger partial charge in [-0.05, 0) is 26.4 Å². The number of rotatable bonds is 3. The Morgan fingerprint density at radius 3 is 2.83 bits per heavy atom. The highest BCUT2D eigenvalue weighted by atomic mass is 19.1. The SMILES string of the molecule is COC1=CC(F)=C(c2nc(C(N)=O)c3n2CCCN(C)C3)CC1. The number of nitrogens with two attached hydrogens (primary N) is 1. The van der Waals surface area contributed by atoms with E-state index >= 15 is 0 Å². The molecule has 1 aliphatic heterocycles. The second-order valence-electron chi connectivity index (χ2n) is 5.98. The number of halogens is 1. The van der Waals surface area contributed by atoms with Gasteiger partial charge in [-0.15, -0.1) is 0 Å². The summed E-state index contributed by atoms with van der Waals surface area (Å²) in [7, 11) is 3.52. The normalized spacial score (nSPS) is 19.2. The minimum absolute atomic E-state index is 0.246. The fraction of sp³-hybridized carbons (Fsp3) is 0.500. The maximum atomic E-state index is 14.5. The number of carbonyl (C=O) groups is 1. The third kappa shape index (κ3) is 2.88. The Bertz CT molecular complexity index is 705. The number of imidazole rings is 1. The molecule has 2 heterocycles. The zero-order chi connectivity index (χ0) is 16.6. The Labute approximate surface area is 134 Å². The molecule has 0 saturated heterocycles. The van der Waals surface area contributed by atoms with E-state index in [2.05, 4.69) is 9.88 Å². The van der Waals surface area contributed by atoms with Crippen LogP contribution in [0.2, 0.25) is 0 Å². The monoisotopic (exact) mass is 320 g/mol. The predicted octanol–water partition coefficient (Wildman–Crippen LogP) is 1.82. The van der Waals surface area contributed by atoms with Gasteiger partial charge in [-0.2, -0.15) is 0 Å². The molecule has 1 aromatic heterocycles. The van der Waals surface area contributed by atoms with Gasteiger partial charge >= 0.3 is 0 Å². The lowest BCUT2D eigenvalue weighted by Crippen LogP contribution is -2.21. The third-order valence-corrected chi connectivity index (χ3v) is 4.38. The quantitative estimate of drug-likeness (QED) is 0.922. The van der Waals surface area contributed by atoms with Crippen molar-refractivity contribution in [2.24, 2.45) is 5.73 Å². The summed E-state index contributed by atoms with van der Waals surface area (Å²) in [5.74, 6) is 0.214. The summed E-state index contributed by atoms with van der Waals surface area (Å²) < 4.78 is 21.5. The van der Waals surface area contributed by atoms with E-state index in [0.29, 0.717) is 43.1 Å². The van der Waals surface area contributed by atoms with Gasteiger partial charge in [0.1, 0.15) is 11.7 Å². The minimum Gasteiger partial charge on any atom is -0.501 e. The first-order valence-electron chi connectivity index (χ1n) is 7.72. The van der Waals surface area contributed by atoms with Gasteiger partial charge in [0.05, 0.1) is 18.6 Å². The van der Waals surface area contributed by atoms with Crippen molar-refractivity contribution in [1.29, 1.82) is 0 Å². The molecule has 6 nitrogen and oxygen atoms in total. The molecule has 23 heavy (non-hydrogen) atoms. The van der Waals surface area contributed by atoms with Gasteiger partial charge in [-0.3, -0.25) is 4.79 Å². The highest BCUT2D eigenvalue weighted by molar-refractivity contribution is 5.92. The number of aromatic nitrogens is 2. The molecule has 1 aliphatic carbocycles. The second kappa shape index (κ2) is 6.16. The van der Waals surface area contributed by atoms with Crippen LogP contribution in [0.15, 0.2) is 17.7 Å². The van der Waals surface area contributed by atoms with E-state index in [-0.39, 0.29) is 11.5 Å². The zero-order valence-electron chi connectivity index (χ0n) is 13.4. The van der Waals surface area contributed by atoms with Gasteiger partial charge in [0.25, 0.3) is 5.91 Å². The van der Waals surface area contributed by atoms with E-state index in [4.69, 9.17) is 10.5 Å². The number of fused-ring (bicyclic) bond motifs is 1. The van der Waals surface area contributed by atoms with Crippen LogP contribution in [0.5, 0.6) is 0 Å². The number of nitrogens with zero attached hydrogens (tertiary/aromatic N) is 3. The van der Waals surface area contributed by atoms with Crippen LogP contribution in [-0.4, -0.2) is 41.1 Å². The molecule has 0 saturated carbocycles. The molecule has 0 atom stereocenters. The summed E-state index contributed by atoms with van der Waals surface area (Å²) in [4.78, 5) is 18.3. The molecule has 0 fully saturated rings. The number of hydrogen-bond donors (Lipinski definition) is 1. The highest BCUT2D eigenvalue weighted by Crippen LogP contribution is 2.34. The molecule has 0 unspecified atom stereocenters. The van der Waals surface area contributed by atoms with Crippen molar-refractivity contribution in [1.82, 2.24) is 14.5 Å². The standard InChI is InChI=1S/C16H21FN4O2/c1-20-6-3-7-21-13(9-20)14(15(18)22)19-16(21)11-5-4-10(23-2)8-12(11)17/h8H,3-7,9H2,1-2H3,(H2,18,22). The van der Waals surface area contributed by atoms with Crippen molar-refractivity contribution in [3.63, 3.8) is 0 Å². The topological polar surface area (TPSA) is 73.4 Å². The minimum atomic E-state index is -0.569. The van der Waals surface area contributed by atoms with Gasteiger partial charge in [0.15, 0.2) is 5.69 Å². The Morgan fingerprint density at radius 2 is 2.17 bits per heavy atom. The van der Waals surface area contributed by atoms with Crippen LogP contribution in [0.1, 0.15) is 41.3 Å². The predicted molar refractivity (Wildman–Crippen MR) is 84.0 cm³/mol. The number of hydrogen-bond acceptors (Lipinski definition) is 4. The van der Waals surface area contributed by atoms with Crippen LogP contribution >= 0.6 is 0 Å². The number of allylic oxidation sites excluding steroid dienone is 4. The van der Waals surface area contributed by atoms with Crippen LogP contribution in [-0.2, 0) is 17.8 Å². The maximum Gasteiger partial charge on any atom is 0.269 e. The molecule has 2 N–H and O–H groups in total. The summed E-state index contributed by atoms with van der Waals surface area (Å²) in [6, 6.07) is 0. The fourth-order valence-electron chi connectivity index (χ4n) is 3.20. The molecular formula is C16H21FN4O2. The maximum absolute atomic E-state index is 14.5. The van der Waals surface area contributed by atoms with Crippen LogP contribution < -0.4 is 5.73 Å². The van der Waals surface area contributed by atoms with Crippen molar-refractivity contribution in [3.8, 4) is 0 Å². The van der Waals surface area contributed by atoms with Crippen molar-refractivity contribution in [2.45, 2.75) is 32.4 Å². The lowest BCUT2D eigenvalue weighted by atomic mass is 10.0. The second-order valence-corrected chi connectivity index (χ2v) is 5.98. The first-order chi connectivity index (χ1) is 11.0. The molecule has 0 radical (unpaired) electrons. The number of carbonyl (C=O) groups excluding carboxylic acids is 1. The highest BCUT2D eigenvalue weighted by Gasteiger charge is 2.27. The van der Waals surface area contributed by atoms with E-state index in [1.54, 1.807) is 0 Å². The first kappa shape index (κ1) is 15.7. The summed E-state index contributed by atoms with van der Waals surface area (Å²) >= 11 is 0. The summed E-state index contributed by atoms with van der Waals surface area (Å²) in [5.41, 5.74) is 7.02. The lowest BCUT2D eigenvalue weighted by Gasteiger charge is -2.16. The zero-order valence-corrected chi connectivity index (χ0v) is 13.4. The van der Waals surface area contributed by atoms with Crippen LogP contribution in [0.4, 0.5) is 4.39 Å². The van der Waals surface area contributed by atoms with Gasteiger partial charge in [-0.1, -0.05) is 0 Å². The van der Waals surface area contributed by atoms with Crippen molar-refractivity contribution < 1.29 is 13.9 Å². The molecule has 1 amide bonds. The average molecular weight is 320 g/mol. The van der Waals surface area contributed by atoms with Crippen molar-refractivity contribution >= 4 is 11.5 Å². The van der Waals surface area contributed by atoms with Crippen molar-refractivity contribution in [3.05, 3.63) is 34.9 Å².